The van der Waals surface area contributed by atoms with Crippen LogP contribution in [0.2, 0.25) is 5.02 Å². The summed E-state index contributed by atoms with van der Waals surface area (Å²) < 4.78 is 0.718. The van der Waals surface area contributed by atoms with Crippen LogP contribution < -0.4 is 5.32 Å². The average molecular weight is 280 g/mol. The molecule has 2 N–H and O–H groups in total. The van der Waals surface area contributed by atoms with Gasteiger partial charge in [-0.3, -0.25) is 4.79 Å². The number of nitrogens with one attached hydrogen (secondary N) is 1. The van der Waals surface area contributed by atoms with E-state index in [0.29, 0.717) is 17.4 Å². The second kappa shape index (κ2) is 5.17. The molecule has 0 aromatic carbocycles. The van der Waals surface area contributed by atoms with Gasteiger partial charge in [-0.15, -0.1) is 0 Å². The van der Waals surface area contributed by atoms with Gasteiger partial charge in [0.15, 0.2) is 0 Å². The summed E-state index contributed by atoms with van der Waals surface area (Å²) in [6.45, 7) is 0.336. The van der Waals surface area contributed by atoms with Crippen LogP contribution in [-0.2, 0) is 4.79 Å². The van der Waals surface area contributed by atoms with Crippen LogP contribution in [0.5, 0.6) is 0 Å². The Morgan fingerprint density at radius 2 is 2.43 bits per heavy atom. The molecular weight excluding hydrogens is 271 g/mol. The van der Waals surface area contributed by atoms with E-state index in [-0.39, 0.29) is 6.42 Å². The highest BCUT2D eigenvalue weighted by atomic mass is 79.9. The van der Waals surface area contributed by atoms with Gasteiger partial charge in [-0.05, 0) is 22.0 Å². The van der Waals surface area contributed by atoms with Crippen LogP contribution in [0.1, 0.15) is 6.42 Å². The van der Waals surface area contributed by atoms with Gasteiger partial charge in [0.2, 0.25) is 0 Å². The number of anilines is 1. The topological polar surface area (TPSA) is 62.2 Å². The zero-order valence-corrected chi connectivity index (χ0v) is 9.47. The lowest BCUT2D eigenvalue weighted by Gasteiger charge is -2.05. The Kier molecular flexibility index (Phi) is 4.16. The summed E-state index contributed by atoms with van der Waals surface area (Å²) in [4.78, 5) is 14.2. The minimum Gasteiger partial charge on any atom is -0.481 e. The van der Waals surface area contributed by atoms with Gasteiger partial charge in [-0.2, -0.15) is 0 Å². The maximum absolute atomic E-state index is 10.2. The van der Waals surface area contributed by atoms with Gasteiger partial charge >= 0.3 is 5.97 Å². The molecule has 0 aliphatic carbocycles. The first-order valence-corrected chi connectivity index (χ1v) is 5.03. The van der Waals surface area contributed by atoms with Crippen molar-refractivity contribution >= 4 is 39.3 Å². The van der Waals surface area contributed by atoms with Crippen molar-refractivity contribution in [1.82, 2.24) is 4.98 Å². The van der Waals surface area contributed by atoms with Crippen LogP contribution >= 0.6 is 27.5 Å². The zero-order valence-electron chi connectivity index (χ0n) is 7.13. The molecule has 6 heteroatoms. The number of halogens is 2. The largest absolute Gasteiger partial charge is 0.481 e. The standard InChI is InChI=1S/C8H8BrClN2O2/c9-6-3-5(10)4-12-8(6)11-2-1-7(13)14/h3-4H,1-2H2,(H,11,12)(H,13,14). The van der Waals surface area contributed by atoms with Gasteiger partial charge in [-0.25, -0.2) is 4.98 Å². The van der Waals surface area contributed by atoms with Crippen LogP contribution in [0.15, 0.2) is 16.7 Å². The number of nitrogens with zero attached hydrogens (tertiary/aromatic N) is 1. The highest BCUT2D eigenvalue weighted by Crippen LogP contribution is 2.22. The molecule has 0 radical (unpaired) electrons. The first-order chi connectivity index (χ1) is 6.59. The van der Waals surface area contributed by atoms with Gasteiger partial charge < -0.3 is 10.4 Å². The summed E-state index contributed by atoms with van der Waals surface area (Å²) in [6, 6.07) is 1.69. The van der Waals surface area contributed by atoms with E-state index >= 15 is 0 Å². The van der Waals surface area contributed by atoms with Crippen LogP contribution in [0.25, 0.3) is 0 Å². The fourth-order valence-electron chi connectivity index (χ4n) is 0.832. The number of hydrogen-bond acceptors (Lipinski definition) is 3. The first kappa shape index (κ1) is 11.3. The normalized spacial score (nSPS) is 9.86. The van der Waals surface area contributed by atoms with Crippen molar-refractivity contribution in [2.45, 2.75) is 6.42 Å². The fraction of sp³-hybridized carbons (Fsp3) is 0.250. The van der Waals surface area contributed by atoms with Crippen LogP contribution in [0.3, 0.4) is 0 Å². The zero-order chi connectivity index (χ0) is 10.6. The molecule has 14 heavy (non-hydrogen) atoms. The van der Waals surface area contributed by atoms with Crippen LogP contribution in [0, 0.1) is 0 Å². The number of carbonyl (C=O) groups is 1. The Balaban J connectivity index is 2.55. The molecule has 1 aromatic rings. The van der Waals surface area contributed by atoms with Gasteiger partial charge in [0.1, 0.15) is 5.82 Å². The lowest BCUT2D eigenvalue weighted by atomic mass is 10.4. The smallest absolute Gasteiger partial charge is 0.305 e. The van der Waals surface area contributed by atoms with Crippen molar-refractivity contribution in [2.24, 2.45) is 0 Å². The predicted octanol–water partition coefficient (Wildman–Crippen LogP) is 2.38. The number of carboxylic acid groups (broad SMARTS) is 1. The SMILES string of the molecule is O=C(O)CCNc1ncc(Cl)cc1Br. The molecule has 0 bridgehead atoms. The van der Waals surface area contributed by atoms with E-state index in [4.69, 9.17) is 16.7 Å². The number of carboxylic acids is 1. The molecule has 0 atom stereocenters. The van der Waals surface area contributed by atoms with E-state index in [1.54, 1.807) is 6.07 Å². The molecule has 0 saturated heterocycles. The number of pyridine rings is 1. The Morgan fingerprint density at radius 1 is 1.71 bits per heavy atom. The van der Waals surface area contributed by atoms with E-state index < -0.39 is 5.97 Å². The minimum atomic E-state index is -0.845. The molecule has 0 spiro atoms. The quantitative estimate of drug-likeness (QED) is 0.888. The molecule has 1 aromatic heterocycles. The Labute approximate surface area is 94.4 Å². The molecule has 0 aliphatic heterocycles. The number of aliphatic carboxylic acids is 1. The van der Waals surface area contributed by atoms with Gasteiger partial charge in [-0.1, -0.05) is 11.6 Å². The lowest BCUT2D eigenvalue weighted by Crippen LogP contribution is -2.08. The molecule has 4 nitrogen and oxygen atoms in total. The minimum absolute atomic E-state index is 0.0523. The molecule has 1 heterocycles. The average Bonchev–Trinajstić information content (AvgIpc) is 2.08. The third-order valence-electron chi connectivity index (χ3n) is 1.44. The summed E-state index contributed by atoms with van der Waals surface area (Å²) in [7, 11) is 0. The molecule has 1 rings (SSSR count). The van der Waals surface area contributed by atoms with Crippen molar-refractivity contribution in [1.29, 1.82) is 0 Å². The van der Waals surface area contributed by atoms with E-state index in [1.807, 2.05) is 0 Å². The maximum Gasteiger partial charge on any atom is 0.305 e. The third-order valence-corrected chi connectivity index (χ3v) is 2.25. The molecular formula is C8H8BrClN2O2. The fourth-order valence-corrected chi connectivity index (χ4v) is 1.61. The van der Waals surface area contributed by atoms with E-state index in [1.165, 1.54) is 6.20 Å². The van der Waals surface area contributed by atoms with Crippen LogP contribution in [0.4, 0.5) is 5.82 Å². The molecule has 0 unspecified atom stereocenters. The highest BCUT2D eigenvalue weighted by molar-refractivity contribution is 9.10. The second-order valence-corrected chi connectivity index (χ2v) is 3.85. The second-order valence-electron chi connectivity index (χ2n) is 2.55. The van der Waals surface area contributed by atoms with Crippen LogP contribution in [-0.4, -0.2) is 22.6 Å². The molecule has 0 fully saturated rings. The van der Waals surface area contributed by atoms with Gasteiger partial charge in [0, 0.05) is 12.7 Å². The Bertz CT molecular complexity index is 346. The van der Waals surface area contributed by atoms with Crippen molar-refractivity contribution in [2.75, 3.05) is 11.9 Å². The number of rotatable bonds is 4. The molecule has 76 valence electrons. The Hall–Kier alpha value is -0.810. The summed E-state index contributed by atoms with van der Waals surface area (Å²) >= 11 is 8.94. The van der Waals surface area contributed by atoms with Crippen molar-refractivity contribution in [3.05, 3.63) is 21.8 Å². The lowest BCUT2D eigenvalue weighted by molar-refractivity contribution is -0.136. The van der Waals surface area contributed by atoms with Crippen molar-refractivity contribution in [3.8, 4) is 0 Å². The van der Waals surface area contributed by atoms with Gasteiger partial charge in [0.25, 0.3) is 0 Å². The maximum atomic E-state index is 10.2. The Morgan fingerprint density at radius 3 is 3.00 bits per heavy atom. The van der Waals surface area contributed by atoms with Gasteiger partial charge in [0.05, 0.1) is 15.9 Å². The number of hydrogen-bond donors (Lipinski definition) is 2. The van der Waals surface area contributed by atoms with E-state index in [9.17, 15) is 4.79 Å². The summed E-state index contributed by atoms with van der Waals surface area (Å²) in [5, 5.41) is 11.8. The summed E-state index contributed by atoms with van der Waals surface area (Å²) in [5.41, 5.74) is 0. The first-order valence-electron chi connectivity index (χ1n) is 3.86. The molecule has 0 amide bonds. The monoisotopic (exact) mass is 278 g/mol. The number of aromatic nitrogens is 1. The molecule has 0 aliphatic rings. The van der Waals surface area contributed by atoms with E-state index in [2.05, 4.69) is 26.2 Å². The summed E-state index contributed by atoms with van der Waals surface area (Å²) in [6.07, 6.45) is 1.55. The highest BCUT2D eigenvalue weighted by Gasteiger charge is 2.02. The van der Waals surface area contributed by atoms with Crippen molar-refractivity contribution < 1.29 is 9.90 Å². The third kappa shape index (κ3) is 3.51. The van der Waals surface area contributed by atoms with E-state index in [0.717, 1.165) is 4.47 Å². The van der Waals surface area contributed by atoms with Crippen molar-refractivity contribution in [3.63, 3.8) is 0 Å². The predicted molar refractivity (Wildman–Crippen MR) is 57.7 cm³/mol. The summed E-state index contributed by atoms with van der Waals surface area (Å²) in [5.74, 6) is -0.252. The molecule has 0 saturated carbocycles.